The lowest BCUT2D eigenvalue weighted by Gasteiger charge is -2.15. The van der Waals surface area contributed by atoms with Crippen molar-refractivity contribution in [2.24, 2.45) is 5.41 Å². The molecule has 2 aromatic rings. The quantitative estimate of drug-likeness (QED) is 0.653. The molecule has 0 spiro atoms. The van der Waals surface area contributed by atoms with Crippen molar-refractivity contribution in [3.8, 4) is 0 Å². The largest absolute Gasteiger partial charge is 0.481 e. The van der Waals surface area contributed by atoms with Gasteiger partial charge < -0.3 is 10.4 Å². The SMILES string of the molecule is CCCn1c(=O)[nH]c(=O)c2c(C(=O)NCC3(C(=O)O)CC3)cc(C(C)C)nc21. The molecule has 0 radical (unpaired) electrons. The van der Waals surface area contributed by atoms with E-state index in [1.807, 2.05) is 20.8 Å². The fourth-order valence-electron chi connectivity index (χ4n) is 3.16. The summed E-state index contributed by atoms with van der Waals surface area (Å²) in [5.74, 6) is -1.52. The zero-order valence-electron chi connectivity index (χ0n) is 16.2. The first-order valence-electron chi connectivity index (χ1n) is 9.39. The van der Waals surface area contributed by atoms with E-state index in [2.05, 4.69) is 15.3 Å². The molecular formula is C19H24N4O5. The molecule has 2 aromatic heterocycles. The van der Waals surface area contributed by atoms with Gasteiger partial charge in [-0.05, 0) is 31.2 Å². The normalized spacial score (nSPS) is 15.0. The molecular weight excluding hydrogens is 364 g/mol. The second-order valence-electron chi connectivity index (χ2n) is 7.63. The fraction of sp³-hybridized carbons (Fsp3) is 0.526. The first-order chi connectivity index (χ1) is 13.2. The van der Waals surface area contributed by atoms with Gasteiger partial charge in [-0.3, -0.25) is 23.9 Å². The smallest absolute Gasteiger partial charge is 0.329 e. The number of nitrogens with one attached hydrogen (secondary N) is 2. The zero-order chi connectivity index (χ0) is 20.6. The van der Waals surface area contributed by atoms with Crippen LogP contribution in [0.5, 0.6) is 0 Å². The third-order valence-corrected chi connectivity index (χ3v) is 5.15. The number of hydrogen-bond donors (Lipinski definition) is 3. The molecule has 1 aliphatic carbocycles. The van der Waals surface area contributed by atoms with Gasteiger partial charge in [0.05, 0.1) is 16.4 Å². The Labute approximate surface area is 160 Å². The lowest BCUT2D eigenvalue weighted by molar-refractivity contribution is -0.143. The summed E-state index contributed by atoms with van der Waals surface area (Å²) in [6.45, 7) is 6.03. The van der Waals surface area contributed by atoms with Crippen LogP contribution < -0.4 is 16.6 Å². The first-order valence-corrected chi connectivity index (χ1v) is 9.39. The highest BCUT2D eigenvalue weighted by Crippen LogP contribution is 2.45. The third kappa shape index (κ3) is 3.44. The van der Waals surface area contributed by atoms with E-state index < -0.39 is 28.5 Å². The predicted molar refractivity (Wildman–Crippen MR) is 103 cm³/mol. The summed E-state index contributed by atoms with van der Waals surface area (Å²) < 4.78 is 1.36. The lowest BCUT2D eigenvalue weighted by atomic mass is 10.0. The molecule has 1 saturated carbocycles. The van der Waals surface area contributed by atoms with Crippen molar-refractivity contribution < 1.29 is 14.7 Å². The molecule has 1 fully saturated rings. The fourth-order valence-corrected chi connectivity index (χ4v) is 3.16. The van der Waals surface area contributed by atoms with Gasteiger partial charge in [0.1, 0.15) is 0 Å². The molecule has 3 rings (SSSR count). The van der Waals surface area contributed by atoms with Crippen LogP contribution in [0.2, 0.25) is 0 Å². The van der Waals surface area contributed by atoms with Crippen molar-refractivity contribution in [3.05, 3.63) is 38.2 Å². The van der Waals surface area contributed by atoms with Gasteiger partial charge >= 0.3 is 11.7 Å². The maximum absolute atomic E-state index is 12.9. The number of H-pyrrole nitrogens is 1. The molecule has 9 nitrogen and oxygen atoms in total. The number of amides is 1. The van der Waals surface area contributed by atoms with Crippen LogP contribution in [0, 0.1) is 5.41 Å². The van der Waals surface area contributed by atoms with Crippen LogP contribution in [-0.4, -0.2) is 38.1 Å². The number of aliphatic carboxylic acids is 1. The van der Waals surface area contributed by atoms with Gasteiger partial charge in [-0.1, -0.05) is 20.8 Å². The van der Waals surface area contributed by atoms with Crippen LogP contribution in [0.15, 0.2) is 15.7 Å². The molecule has 0 unspecified atom stereocenters. The second-order valence-corrected chi connectivity index (χ2v) is 7.63. The number of nitrogens with zero attached hydrogens (tertiary/aromatic N) is 2. The molecule has 9 heteroatoms. The van der Waals surface area contributed by atoms with Crippen molar-refractivity contribution in [3.63, 3.8) is 0 Å². The van der Waals surface area contributed by atoms with Crippen molar-refractivity contribution in [2.75, 3.05) is 6.54 Å². The Kier molecular flexibility index (Phi) is 5.10. The number of carboxylic acid groups (broad SMARTS) is 1. The van der Waals surface area contributed by atoms with Crippen LogP contribution in [0.1, 0.15) is 62.0 Å². The molecule has 1 amide bonds. The van der Waals surface area contributed by atoms with Crippen molar-refractivity contribution in [1.29, 1.82) is 0 Å². The minimum atomic E-state index is -0.940. The number of aromatic nitrogens is 3. The highest BCUT2D eigenvalue weighted by molar-refractivity contribution is 6.05. The summed E-state index contributed by atoms with van der Waals surface area (Å²) in [4.78, 5) is 55.7. The Bertz CT molecular complexity index is 1060. The van der Waals surface area contributed by atoms with E-state index in [0.29, 0.717) is 31.5 Å². The Hall–Kier alpha value is -2.97. The Morgan fingerprint density at radius 1 is 1.36 bits per heavy atom. The van der Waals surface area contributed by atoms with Crippen molar-refractivity contribution >= 4 is 22.9 Å². The summed E-state index contributed by atoms with van der Waals surface area (Å²) in [6, 6.07) is 1.54. The third-order valence-electron chi connectivity index (χ3n) is 5.15. The minimum absolute atomic E-state index is 0.00546. The number of aromatic amines is 1. The second kappa shape index (κ2) is 7.21. The summed E-state index contributed by atoms with van der Waals surface area (Å²) in [6.07, 6.45) is 1.67. The van der Waals surface area contributed by atoms with Crippen LogP contribution in [0.4, 0.5) is 0 Å². The van der Waals surface area contributed by atoms with E-state index in [4.69, 9.17) is 0 Å². The van der Waals surface area contributed by atoms with E-state index in [1.165, 1.54) is 4.57 Å². The summed E-state index contributed by atoms with van der Waals surface area (Å²) in [7, 11) is 0. The van der Waals surface area contributed by atoms with E-state index in [9.17, 15) is 24.3 Å². The molecule has 0 bridgehead atoms. The average Bonchev–Trinajstić information content (AvgIpc) is 3.43. The van der Waals surface area contributed by atoms with Gasteiger partial charge in [-0.25, -0.2) is 9.78 Å². The Morgan fingerprint density at radius 2 is 2.04 bits per heavy atom. The number of carbonyl (C=O) groups is 2. The zero-order valence-corrected chi connectivity index (χ0v) is 16.2. The van der Waals surface area contributed by atoms with E-state index in [1.54, 1.807) is 6.07 Å². The predicted octanol–water partition coefficient (Wildman–Crippen LogP) is 1.21. The standard InChI is InChI=1S/C19H24N4O5/c1-4-7-23-14-13(16(25)22-18(23)28)11(8-12(21-14)10(2)3)15(24)20-9-19(5-6-19)17(26)27/h8,10H,4-7,9H2,1-3H3,(H,20,24)(H,26,27)(H,22,25,28). The molecule has 0 saturated heterocycles. The van der Waals surface area contributed by atoms with Gasteiger partial charge in [0.15, 0.2) is 5.65 Å². The molecule has 2 heterocycles. The van der Waals surface area contributed by atoms with E-state index in [-0.39, 0.29) is 29.1 Å². The summed E-state index contributed by atoms with van der Waals surface area (Å²) >= 11 is 0. The van der Waals surface area contributed by atoms with Gasteiger partial charge in [0, 0.05) is 18.8 Å². The van der Waals surface area contributed by atoms with Crippen molar-refractivity contribution in [2.45, 2.75) is 52.5 Å². The average molecular weight is 388 g/mol. The van der Waals surface area contributed by atoms with Gasteiger partial charge in [0.2, 0.25) is 0 Å². The monoisotopic (exact) mass is 388 g/mol. The number of fused-ring (bicyclic) bond motifs is 1. The van der Waals surface area contributed by atoms with Crippen LogP contribution in [-0.2, 0) is 11.3 Å². The van der Waals surface area contributed by atoms with Gasteiger partial charge in [0.25, 0.3) is 11.5 Å². The lowest BCUT2D eigenvalue weighted by Crippen LogP contribution is -2.36. The maximum atomic E-state index is 12.9. The molecule has 150 valence electrons. The Balaban J connectivity index is 2.13. The Morgan fingerprint density at radius 3 is 2.57 bits per heavy atom. The molecule has 1 aliphatic rings. The van der Waals surface area contributed by atoms with Crippen LogP contribution in [0.25, 0.3) is 11.0 Å². The molecule has 0 aliphatic heterocycles. The molecule has 28 heavy (non-hydrogen) atoms. The van der Waals surface area contributed by atoms with E-state index in [0.717, 1.165) is 0 Å². The summed E-state index contributed by atoms with van der Waals surface area (Å²) in [5.41, 5.74) is -1.32. The summed E-state index contributed by atoms with van der Waals surface area (Å²) in [5, 5.41) is 12.0. The van der Waals surface area contributed by atoms with Gasteiger partial charge in [-0.15, -0.1) is 0 Å². The number of hydrogen-bond acceptors (Lipinski definition) is 5. The molecule has 0 aromatic carbocycles. The number of aryl methyl sites for hydroxylation is 1. The minimum Gasteiger partial charge on any atom is -0.481 e. The van der Waals surface area contributed by atoms with Crippen LogP contribution in [0.3, 0.4) is 0 Å². The first kappa shape index (κ1) is 19.8. The topological polar surface area (TPSA) is 134 Å². The number of rotatable bonds is 7. The molecule has 3 N–H and O–H groups in total. The number of carbonyl (C=O) groups excluding carboxylic acids is 1. The van der Waals surface area contributed by atoms with E-state index >= 15 is 0 Å². The maximum Gasteiger partial charge on any atom is 0.329 e. The van der Waals surface area contributed by atoms with Gasteiger partial charge in [-0.2, -0.15) is 0 Å². The van der Waals surface area contributed by atoms with Crippen molar-refractivity contribution in [1.82, 2.24) is 19.9 Å². The number of carboxylic acids is 1. The highest BCUT2D eigenvalue weighted by atomic mass is 16.4. The van der Waals surface area contributed by atoms with Crippen LogP contribution >= 0.6 is 0 Å². The molecule has 0 atom stereocenters. The highest BCUT2D eigenvalue weighted by Gasteiger charge is 2.50. The number of pyridine rings is 1.